The van der Waals surface area contributed by atoms with Crippen molar-refractivity contribution in [3.8, 4) is 0 Å². The highest BCUT2D eigenvalue weighted by Gasteiger charge is 2.24. The lowest BCUT2D eigenvalue weighted by molar-refractivity contribution is 0.134. The van der Waals surface area contributed by atoms with Gasteiger partial charge in [0.2, 0.25) is 0 Å². The molecule has 1 rings (SSSR count). The third-order valence-corrected chi connectivity index (χ3v) is 3.91. The molecule has 0 radical (unpaired) electrons. The van der Waals surface area contributed by atoms with E-state index < -0.39 is 0 Å². The molecule has 1 heterocycles. The molecule has 1 fully saturated rings. The summed E-state index contributed by atoms with van der Waals surface area (Å²) >= 11 is 0. The normalized spacial score (nSPS) is 22.5. The molecule has 0 bridgehead atoms. The molecule has 0 aliphatic carbocycles. The molecule has 1 unspecified atom stereocenters. The molecule has 1 atom stereocenters. The van der Waals surface area contributed by atoms with E-state index in [2.05, 4.69) is 31.0 Å². The Morgan fingerprint density at radius 2 is 1.67 bits per heavy atom. The molecule has 0 aromatic rings. The van der Waals surface area contributed by atoms with Gasteiger partial charge >= 0.3 is 0 Å². The monoisotopic (exact) mass is 256 g/mol. The number of nitrogens with one attached hydrogen (secondary N) is 1. The standard InChI is InChI=1S/C15H32N2O/c1-14(2)16-15(3,13-18)9-12-17-10-7-5-4-6-8-11-17/h14,16,18H,4-13H2,1-3H3. The summed E-state index contributed by atoms with van der Waals surface area (Å²) < 4.78 is 0. The van der Waals surface area contributed by atoms with E-state index in [4.69, 9.17) is 0 Å². The lowest BCUT2D eigenvalue weighted by Gasteiger charge is -2.34. The van der Waals surface area contributed by atoms with Crippen LogP contribution in [-0.4, -0.2) is 47.8 Å². The summed E-state index contributed by atoms with van der Waals surface area (Å²) in [5, 5.41) is 13.1. The second kappa shape index (κ2) is 8.13. The van der Waals surface area contributed by atoms with Gasteiger partial charge in [-0.3, -0.25) is 0 Å². The Kier molecular flexibility index (Phi) is 7.20. The summed E-state index contributed by atoms with van der Waals surface area (Å²) in [5.41, 5.74) is -0.128. The Hall–Kier alpha value is -0.120. The van der Waals surface area contributed by atoms with E-state index in [1.165, 1.54) is 45.2 Å². The fraction of sp³-hybridized carbons (Fsp3) is 1.00. The van der Waals surface area contributed by atoms with Crippen LogP contribution >= 0.6 is 0 Å². The van der Waals surface area contributed by atoms with Gasteiger partial charge in [-0.1, -0.05) is 33.1 Å². The lowest BCUT2D eigenvalue weighted by Crippen LogP contribution is -2.51. The number of hydrogen-bond donors (Lipinski definition) is 2. The van der Waals surface area contributed by atoms with Crippen molar-refractivity contribution in [3.63, 3.8) is 0 Å². The summed E-state index contributed by atoms with van der Waals surface area (Å²) in [4.78, 5) is 2.58. The van der Waals surface area contributed by atoms with E-state index in [1.807, 2.05) is 0 Å². The molecule has 0 spiro atoms. The van der Waals surface area contributed by atoms with Crippen molar-refractivity contribution >= 4 is 0 Å². The van der Waals surface area contributed by atoms with Crippen LogP contribution in [0.2, 0.25) is 0 Å². The van der Waals surface area contributed by atoms with Gasteiger partial charge in [-0.2, -0.15) is 0 Å². The van der Waals surface area contributed by atoms with Gasteiger partial charge in [0.05, 0.1) is 6.61 Å². The van der Waals surface area contributed by atoms with Crippen molar-refractivity contribution in [3.05, 3.63) is 0 Å². The maximum Gasteiger partial charge on any atom is 0.0611 e. The predicted molar refractivity (Wildman–Crippen MR) is 77.9 cm³/mol. The largest absolute Gasteiger partial charge is 0.394 e. The highest BCUT2D eigenvalue weighted by molar-refractivity contribution is 4.85. The average Bonchev–Trinajstić information content (AvgIpc) is 2.26. The second-order valence-electron chi connectivity index (χ2n) is 6.38. The number of aliphatic hydroxyl groups is 1. The molecular weight excluding hydrogens is 224 g/mol. The summed E-state index contributed by atoms with van der Waals surface area (Å²) in [7, 11) is 0. The molecule has 0 aromatic carbocycles. The first-order chi connectivity index (χ1) is 8.56. The third kappa shape index (κ3) is 6.17. The van der Waals surface area contributed by atoms with Crippen LogP contribution in [0.25, 0.3) is 0 Å². The fourth-order valence-corrected chi connectivity index (χ4v) is 2.84. The van der Waals surface area contributed by atoms with E-state index in [1.54, 1.807) is 0 Å². The third-order valence-electron chi connectivity index (χ3n) is 3.91. The molecule has 1 saturated heterocycles. The van der Waals surface area contributed by atoms with Crippen LogP contribution in [-0.2, 0) is 0 Å². The van der Waals surface area contributed by atoms with Crippen molar-refractivity contribution in [2.75, 3.05) is 26.2 Å². The highest BCUT2D eigenvalue weighted by atomic mass is 16.3. The molecule has 1 aliphatic heterocycles. The van der Waals surface area contributed by atoms with E-state index >= 15 is 0 Å². The van der Waals surface area contributed by atoms with Gasteiger partial charge in [0.25, 0.3) is 0 Å². The van der Waals surface area contributed by atoms with E-state index in [0.29, 0.717) is 6.04 Å². The Labute approximate surface area is 113 Å². The van der Waals surface area contributed by atoms with Crippen molar-refractivity contribution in [2.24, 2.45) is 0 Å². The summed E-state index contributed by atoms with van der Waals surface area (Å²) in [6.45, 7) is 10.2. The van der Waals surface area contributed by atoms with Crippen LogP contribution in [0.4, 0.5) is 0 Å². The van der Waals surface area contributed by atoms with Gasteiger partial charge < -0.3 is 15.3 Å². The zero-order chi connectivity index (χ0) is 13.4. The molecule has 3 heteroatoms. The van der Waals surface area contributed by atoms with Gasteiger partial charge in [0.15, 0.2) is 0 Å². The van der Waals surface area contributed by atoms with Gasteiger partial charge in [-0.25, -0.2) is 0 Å². The maximum atomic E-state index is 9.58. The van der Waals surface area contributed by atoms with Crippen molar-refractivity contribution in [1.29, 1.82) is 0 Å². The number of rotatable bonds is 6. The van der Waals surface area contributed by atoms with Crippen LogP contribution in [0.3, 0.4) is 0 Å². The first kappa shape index (κ1) is 15.9. The van der Waals surface area contributed by atoms with Gasteiger partial charge in [0.1, 0.15) is 0 Å². The van der Waals surface area contributed by atoms with Crippen LogP contribution in [0, 0.1) is 0 Å². The second-order valence-corrected chi connectivity index (χ2v) is 6.38. The molecule has 0 amide bonds. The Morgan fingerprint density at radius 1 is 1.11 bits per heavy atom. The summed E-state index contributed by atoms with van der Waals surface area (Å²) in [6, 6.07) is 0.425. The number of aliphatic hydroxyl groups excluding tert-OH is 1. The van der Waals surface area contributed by atoms with Crippen LogP contribution < -0.4 is 5.32 Å². The summed E-state index contributed by atoms with van der Waals surface area (Å²) in [6.07, 6.45) is 7.90. The minimum absolute atomic E-state index is 0.128. The average molecular weight is 256 g/mol. The molecule has 2 N–H and O–H groups in total. The zero-order valence-corrected chi connectivity index (χ0v) is 12.5. The van der Waals surface area contributed by atoms with Crippen molar-refractivity contribution in [1.82, 2.24) is 10.2 Å². The van der Waals surface area contributed by atoms with Crippen molar-refractivity contribution < 1.29 is 5.11 Å². The topological polar surface area (TPSA) is 35.5 Å². The molecule has 0 saturated carbocycles. The first-order valence-electron chi connectivity index (χ1n) is 7.67. The Bertz CT molecular complexity index is 213. The Balaban J connectivity index is 2.35. The molecule has 18 heavy (non-hydrogen) atoms. The van der Waals surface area contributed by atoms with Crippen molar-refractivity contribution in [2.45, 2.75) is 70.9 Å². The zero-order valence-electron chi connectivity index (χ0n) is 12.5. The summed E-state index contributed by atoms with van der Waals surface area (Å²) in [5.74, 6) is 0. The number of hydrogen-bond acceptors (Lipinski definition) is 3. The predicted octanol–water partition coefficient (Wildman–Crippen LogP) is 2.39. The van der Waals surface area contributed by atoms with Crippen LogP contribution in [0.5, 0.6) is 0 Å². The first-order valence-corrected chi connectivity index (χ1v) is 7.67. The SMILES string of the molecule is CC(C)NC(C)(CO)CCN1CCCCCCC1. The minimum atomic E-state index is -0.128. The quantitative estimate of drug-likeness (QED) is 0.766. The van der Waals surface area contributed by atoms with Crippen LogP contribution in [0.1, 0.15) is 59.3 Å². The van der Waals surface area contributed by atoms with E-state index in [0.717, 1.165) is 13.0 Å². The molecular formula is C15H32N2O. The van der Waals surface area contributed by atoms with Crippen LogP contribution in [0.15, 0.2) is 0 Å². The smallest absolute Gasteiger partial charge is 0.0611 e. The maximum absolute atomic E-state index is 9.58. The Morgan fingerprint density at radius 3 is 2.17 bits per heavy atom. The van der Waals surface area contributed by atoms with Gasteiger partial charge in [0, 0.05) is 11.6 Å². The molecule has 108 valence electrons. The number of likely N-dealkylation sites (tertiary alicyclic amines) is 1. The minimum Gasteiger partial charge on any atom is -0.394 e. The van der Waals surface area contributed by atoms with Gasteiger partial charge in [-0.15, -0.1) is 0 Å². The van der Waals surface area contributed by atoms with E-state index in [9.17, 15) is 5.11 Å². The highest BCUT2D eigenvalue weighted by Crippen LogP contribution is 2.15. The molecule has 3 nitrogen and oxygen atoms in total. The van der Waals surface area contributed by atoms with E-state index in [-0.39, 0.29) is 12.1 Å². The molecule has 0 aromatic heterocycles. The number of nitrogens with zero attached hydrogens (tertiary/aromatic N) is 1. The lowest BCUT2D eigenvalue weighted by atomic mass is 9.97. The fourth-order valence-electron chi connectivity index (χ4n) is 2.84. The molecule has 1 aliphatic rings. The van der Waals surface area contributed by atoms with Gasteiger partial charge in [-0.05, 0) is 45.8 Å².